The third-order valence-electron chi connectivity index (χ3n) is 4.61. The third-order valence-corrected chi connectivity index (χ3v) is 4.61. The molecule has 0 aliphatic carbocycles. The maximum Gasteiger partial charge on any atom is 0.340 e. The Morgan fingerprint density at radius 3 is 2.75 bits per heavy atom. The van der Waals surface area contributed by atoms with Gasteiger partial charge in [0.1, 0.15) is 5.82 Å². The highest BCUT2D eigenvalue weighted by molar-refractivity contribution is 5.95. The molecule has 2 N–H and O–H groups in total. The predicted octanol–water partition coefficient (Wildman–Crippen LogP) is 1.42. The van der Waals surface area contributed by atoms with Gasteiger partial charge in [-0.25, -0.2) is 9.89 Å². The minimum absolute atomic E-state index is 0.0456. The number of nitrogens with one attached hydrogen (secondary N) is 2. The molecule has 1 saturated heterocycles. The molecular weight excluding hydrogens is 308 g/mol. The van der Waals surface area contributed by atoms with Crippen LogP contribution in [0.1, 0.15) is 60.4 Å². The first-order valence-corrected chi connectivity index (χ1v) is 8.56. The maximum atomic E-state index is 12.7. The van der Waals surface area contributed by atoms with Gasteiger partial charge in [0.25, 0.3) is 5.91 Å². The number of aromatic amines is 2. The van der Waals surface area contributed by atoms with E-state index < -0.39 is 0 Å². The van der Waals surface area contributed by atoms with Crippen molar-refractivity contribution in [1.29, 1.82) is 0 Å². The monoisotopic (exact) mass is 332 g/mol. The minimum Gasteiger partial charge on any atom is -0.338 e. The van der Waals surface area contributed by atoms with Gasteiger partial charge in [-0.15, -0.1) is 0 Å². The first-order chi connectivity index (χ1) is 11.6. The van der Waals surface area contributed by atoms with E-state index in [4.69, 9.17) is 0 Å². The predicted molar refractivity (Wildman–Crippen MR) is 89.0 cm³/mol. The molecule has 8 nitrogen and oxygen atoms in total. The van der Waals surface area contributed by atoms with Gasteiger partial charge in [-0.1, -0.05) is 13.3 Å². The van der Waals surface area contributed by atoms with Gasteiger partial charge in [-0.05, 0) is 26.2 Å². The lowest BCUT2D eigenvalue weighted by Gasteiger charge is -2.30. The van der Waals surface area contributed by atoms with Crippen molar-refractivity contribution in [3.05, 3.63) is 33.8 Å². The van der Waals surface area contributed by atoms with Crippen LogP contribution in [0.15, 0.2) is 11.0 Å². The number of piperidine rings is 1. The number of nitrogens with zero attached hydrogens (tertiary/aromatic N) is 4. The Kier molecular flexibility index (Phi) is 4.82. The molecule has 0 bridgehead atoms. The normalized spacial score (nSPS) is 15.8. The highest BCUT2D eigenvalue weighted by Crippen LogP contribution is 2.25. The van der Waals surface area contributed by atoms with Crippen molar-refractivity contribution in [2.24, 2.45) is 0 Å². The fourth-order valence-corrected chi connectivity index (χ4v) is 3.17. The van der Waals surface area contributed by atoms with Crippen molar-refractivity contribution in [3.63, 3.8) is 0 Å². The lowest BCUT2D eigenvalue weighted by Crippen LogP contribution is -2.38. The van der Waals surface area contributed by atoms with Crippen molar-refractivity contribution >= 4 is 5.91 Å². The van der Waals surface area contributed by atoms with E-state index in [1.54, 1.807) is 0 Å². The standard InChI is InChI=1S/C16H24N6O2/c1-3-4-7-22-10-13(11(2)20-22)15(23)21-8-5-12(6-9-21)14-17-16(24)19-18-14/h10,12H,3-9H2,1-2H3,(H2,17,18,19,24). The molecule has 0 atom stereocenters. The summed E-state index contributed by atoms with van der Waals surface area (Å²) in [5.41, 5.74) is 1.20. The Labute approximate surface area is 140 Å². The van der Waals surface area contributed by atoms with Gasteiger partial charge in [0.2, 0.25) is 0 Å². The fourth-order valence-electron chi connectivity index (χ4n) is 3.17. The van der Waals surface area contributed by atoms with Gasteiger partial charge in [0.15, 0.2) is 0 Å². The summed E-state index contributed by atoms with van der Waals surface area (Å²) in [6.45, 7) is 6.20. The van der Waals surface area contributed by atoms with E-state index in [0.717, 1.165) is 37.9 Å². The van der Waals surface area contributed by atoms with Crippen LogP contribution in [0.2, 0.25) is 0 Å². The molecular formula is C16H24N6O2. The lowest BCUT2D eigenvalue weighted by atomic mass is 9.96. The van der Waals surface area contributed by atoms with Crippen LogP contribution < -0.4 is 5.69 Å². The SMILES string of the molecule is CCCCn1cc(C(=O)N2CCC(c3n[nH]c(=O)[nH]3)CC2)c(C)n1. The van der Waals surface area contributed by atoms with Gasteiger partial charge in [-0.2, -0.15) is 10.2 Å². The molecule has 24 heavy (non-hydrogen) atoms. The molecule has 1 amide bonds. The number of likely N-dealkylation sites (tertiary alicyclic amines) is 1. The van der Waals surface area contributed by atoms with Gasteiger partial charge in [0.05, 0.1) is 11.3 Å². The molecule has 0 radical (unpaired) electrons. The zero-order valence-corrected chi connectivity index (χ0v) is 14.2. The zero-order valence-electron chi connectivity index (χ0n) is 14.2. The number of unbranched alkanes of at least 4 members (excludes halogenated alkanes) is 1. The summed E-state index contributed by atoms with van der Waals surface area (Å²) in [6, 6.07) is 0. The summed E-state index contributed by atoms with van der Waals surface area (Å²) in [5.74, 6) is 0.932. The molecule has 3 rings (SSSR count). The van der Waals surface area contributed by atoms with Gasteiger partial charge >= 0.3 is 5.69 Å². The number of amides is 1. The van der Waals surface area contributed by atoms with Crippen LogP contribution in [0, 0.1) is 6.92 Å². The second-order valence-electron chi connectivity index (χ2n) is 6.37. The molecule has 2 aromatic rings. The number of hydrogen-bond donors (Lipinski definition) is 2. The zero-order chi connectivity index (χ0) is 17.1. The van der Waals surface area contributed by atoms with E-state index in [9.17, 15) is 9.59 Å². The average Bonchev–Trinajstić information content (AvgIpc) is 3.18. The first kappa shape index (κ1) is 16.5. The Morgan fingerprint density at radius 2 is 2.12 bits per heavy atom. The lowest BCUT2D eigenvalue weighted by molar-refractivity contribution is 0.0710. The second kappa shape index (κ2) is 7.02. The summed E-state index contributed by atoms with van der Waals surface area (Å²) in [7, 11) is 0. The van der Waals surface area contributed by atoms with E-state index in [0.29, 0.717) is 24.5 Å². The van der Waals surface area contributed by atoms with Crippen molar-refractivity contribution in [1.82, 2.24) is 29.9 Å². The quantitative estimate of drug-likeness (QED) is 0.865. The number of rotatable bonds is 5. The number of hydrogen-bond acceptors (Lipinski definition) is 4. The molecule has 3 heterocycles. The van der Waals surface area contributed by atoms with Crippen LogP contribution in [0.5, 0.6) is 0 Å². The van der Waals surface area contributed by atoms with Crippen molar-refractivity contribution in [2.75, 3.05) is 13.1 Å². The molecule has 0 aromatic carbocycles. The van der Waals surface area contributed by atoms with Crippen molar-refractivity contribution < 1.29 is 4.79 Å². The highest BCUT2D eigenvalue weighted by Gasteiger charge is 2.27. The average molecular weight is 332 g/mol. The molecule has 1 fully saturated rings. The number of carbonyl (C=O) groups is 1. The first-order valence-electron chi connectivity index (χ1n) is 8.56. The summed E-state index contributed by atoms with van der Waals surface area (Å²) in [5, 5.41) is 10.8. The van der Waals surface area contributed by atoms with Crippen molar-refractivity contribution in [3.8, 4) is 0 Å². The van der Waals surface area contributed by atoms with E-state index in [-0.39, 0.29) is 17.5 Å². The summed E-state index contributed by atoms with van der Waals surface area (Å²) in [6.07, 6.45) is 5.63. The number of aromatic nitrogens is 5. The summed E-state index contributed by atoms with van der Waals surface area (Å²) < 4.78 is 1.87. The molecule has 130 valence electrons. The van der Waals surface area contributed by atoms with Gasteiger partial charge in [-0.3, -0.25) is 14.5 Å². The van der Waals surface area contributed by atoms with Crippen LogP contribution >= 0.6 is 0 Å². The number of H-pyrrole nitrogens is 2. The molecule has 1 aliphatic heterocycles. The molecule has 1 aliphatic rings. The van der Waals surface area contributed by atoms with Crippen LogP contribution in [0.25, 0.3) is 0 Å². The van der Waals surface area contributed by atoms with E-state index >= 15 is 0 Å². The van der Waals surface area contributed by atoms with Gasteiger partial charge < -0.3 is 4.90 Å². The van der Waals surface area contributed by atoms with Crippen LogP contribution in [0.4, 0.5) is 0 Å². The highest BCUT2D eigenvalue weighted by atomic mass is 16.2. The largest absolute Gasteiger partial charge is 0.340 e. The molecule has 8 heteroatoms. The fraction of sp³-hybridized carbons (Fsp3) is 0.625. The minimum atomic E-state index is -0.279. The second-order valence-corrected chi connectivity index (χ2v) is 6.37. The smallest absolute Gasteiger partial charge is 0.338 e. The van der Waals surface area contributed by atoms with E-state index in [1.165, 1.54) is 0 Å². The maximum absolute atomic E-state index is 12.7. The summed E-state index contributed by atoms with van der Waals surface area (Å²) >= 11 is 0. The van der Waals surface area contributed by atoms with Crippen LogP contribution in [0.3, 0.4) is 0 Å². The Bertz CT molecular complexity index is 751. The molecule has 0 unspecified atom stereocenters. The molecule has 0 spiro atoms. The number of aryl methyl sites for hydroxylation is 2. The third kappa shape index (κ3) is 3.42. The van der Waals surface area contributed by atoms with Crippen LogP contribution in [-0.2, 0) is 6.54 Å². The number of carbonyl (C=O) groups excluding carboxylic acids is 1. The Morgan fingerprint density at radius 1 is 1.38 bits per heavy atom. The van der Waals surface area contributed by atoms with Crippen LogP contribution in [-0.4, -0.2) is 48.9 Å². The topological polar surface area (TPSA) is 99.7 Å². The van der Waals surface area contributed by atoms with E-state index in [1.807, 2.05) is 22.7 Å². The Hall–Kier alpha value is -2.38. The Balaban J connectivity index is 1.62. The van der Waals surface area contributed by atoms with Crippen molar-refractivity contribution in [2.45, 2.75) is 52.0 Å². The van der Waals surface area contributed by atoms with Gasteiger partial charge in [0, 0.05) is 31.7 Å². The molecule has 2 aromatic heterocycles. The molecule has 0 saturated carbocycles. The summed E-state index contributed by atoms with van der Waals surface area (Å²) in [4.78, 5) is 28.5. The van der Waals surface area contributed by atoms with E-state index in [2.05, 4.69) is 27.2 Å².